The molecule has 0 saturated heterocycles. The van der Waals surface area contributed by atoms with Gasteiger partial charge in [-0.1, -0.05) is 12.8 Å². The molecule has 1 heterocycles. The number of hydrogen-bond donors (Lipinski definition) is 1. The standard InChI is InChI=1S/C16H17IN2O2/c1-21-12-8-6-11(7-9-12)15-18-14(10-4-2-3-5-10)13(17)16(20)19-15/h6-10H,2-5H2,1H3,(H,18,19,20). The average molecular weight is 396 g/mol. The fourth-order valence-corrected chi connectivity index (χ4v) is 3.53. The van der Waals surface area contributed by atoms with Crippen molar-refractivity contribution >= 4 is 22.6 Å². The molecule has 4 nitrogen and oxygen atoms in total. The average Bonchev–Trinajstić information content (AvgIpc) is 3.04. The van der Waals surface area contributed by atoms with E-state index in [0.717, 1.165) is 33.4 Å². The first-order valence-electron chi connectivity index (χ1n) is 7.13. The molecule has 1 aromatic carbocycles. The van der Waals surface area contributed by atoms with Crippen molar-refractivity contribution in [1.82, 2.24) is 9.97 Å². The van der Waals surface area contributed by atoms with Gasteiger partial charge in [0.1, 0.15) is 11.6 Å². The van der Waals surface area contributed by atoms with Gasteiger partial charge in [-0.05, 0) is 59.7 Å². The SMILES string of the molecule is COc1ccc(-c2nc(C3CCCC3)c(I)c(=O)[nH]2)cc1. The summed E-state index contributed by atoms with van der Waals surface area (Å²) in [5.74, 6) is 1.86. The topological polar surface area (TPSA) is 55.0 Å². The van der Waals surface area contributed by atoms with Gasteiger partial charge in [-0.15, -0.1) is 0 Å². The number of hydrogen-bond acceptors (Lipinski definition) is 3. The van der Waals surface area contributed by atoms with Crippen LogP contribution in [0.5, 0.6) is 5.75 Å². The van der Waals surface area contributed by atoms with Crippen LogP contribution < -0.4 is 10.3 Å². The molecule has 0 unspecified atom stereocenters. The zero-order chi connectivity index (χ0) is 14.8. The maximum Gasteiger partial charge on any atom is 0.264 e. The monoisotopic (exact) mass is 396 g/mol. The van der Waals surface area contributed by atoms with Crippen molar-refractivity contribution in [3.63, 3.8) is 0 Å². The van der Waals surface area contributed by atoms with Crippen molar-refractivity contribution in [2.45, 2.75) is 31.6 Å². The number of rotatable bonds is 3. The molecule has 21 heavy (non-hydrogen) atoms. The van der Waals surface area contributed by atoms with Crippen molar-refractivity contribution in [2.75, 3.05) is 7.11 Å². The first-order valence-corrected chi connectivity index (χ1v) is 8.21. The van der Waals surface area contributed by atoms with Crippen LogP contribution in [0.2, 0.25) is 0 Å². The minimum absolute atomic E-state index is 0.0432. The molecule has 1 fully saturated rings. The van der Waals surface area contributed by atoms with Gasteiger partial charge in [0.05, 0.1) is 16.4 Å². The Bertz CT molecular complexity index is 688. The molecule has 1 aromatic heterocycles. The van der Waals surface area contributed by atoms with Crippen LogP contribution in [0, 0.1) is 3.57 Å². The Morgan fingerprint density at radius 2 is 1.90 bits per heavy atom. The number of aromatic nitrogens is 2. The summed E-state index contributed by atoms with van der Waals surface area (Å²) in [6, 6.07) is 7.59. The van der Waals surface area contributed by atoms with E-state index < -0.39 is 0 Å². The third kappa shape index (κ3) is 2.97. The fraction of sp³-hybridized carbons (Fsp3) is 0.375. The van der Waals surface area contributed by atoms with E-state index in [2.05, 4.69) is 27.6 Å². The highest BCUT2D eigenvalue weighted by atomic mass is 127. The lowest BCUT2D eigenvalue weighted by atomic mass is 10.0. The third-order valence-electron chi connectivity index (χ3n) is 3.99. The highest BCUT2D eigenvalue weighted by molar-refractivity contribution is 14.1. The molecule has 3 rings (SSSR count). The smallest absolute Gasteiger partial charge is 0.264 e. The second-order valence-corrected chi connectivity index (χ2v) is 6.40. The number of methoxy groups -OCH3 is 1. The predicted octanol–water partition coefficient (Wildman–Crippen LogP) is 3.71. The Labute approximate surface area is 137 Å². The number of ether oxygens (including phenoxy) is 1. The van der Waals surface area contributed by atoms with Gasteiger partial charge in [0.25, 0.3) is 5.56 Å². The molecule has 2 aromatic rings. The van der Waals surface area contributed by atoms with E-state index in [4.69, 9.17) is 9.72 Å². The lowest BCUT2D eigenvalue weighted by Crippen LogP contribution is -2.17. The van der Waals surface area contributed by atoms with Crippen molar-refractivity contribution < 1.29 is 4.74 Å². The van der Waals surface area contributed by atoms with Crippen LogP contribution in [0.15, 0.2) is 29.1 Å². The second-order valence-electron chi connectivity index (χ2n) is 5.32. The minimum Gasteiger partial charge on any atom is -0.497 e. The molecule has 0 radical (unpaired) electrons. The first-order chi connectivity index (χ1) is 10.2. The molecule has 0 spiro atoms. The number of benzene rings is 1. The van der Waals surface area contributed by atoms with Gasteiger partial charge in [-0.3, -0.25) is 4.79 Å². The Hall–Kier alpha value is -1.37. The van der Waals surface area contributed by atoms with Crippen LogP contribution in [-0.4, -0.2) is 17.1 Å². The number of nitrogens with zero attached hydrogens (tertiary/aromatic N) is 1. The van der Waals surface area contributed by atoms with Crippen molar-refractivity contribution in [3.05, 3.63) is 43.9 Å². The maximum absolute atomic E-state index is 12.2. The van der Waals surface area contributed by atoms with E-state index in [1.54, 1.807) is 7.11 Å². The van der Waals surface area contributed by atoms with E-state index in [1.165, 1.54) is 12.8 Å². The summed E-state index contributed by atoms with van der Waals surface area (Å²) >= 11 is 2.12. The normalized spacial score (nSPS) is 15.3. The zero-order valence-corrected chi connectivity index (χ0v) is 14.0. The molecule has 0 amide bonds. The zero-order valence-electron chi connectivity index (χ0n) is 11.9. The Kier molecular flexibility index (Phi) is 4.28. The van der Waals surface area contributed by atoms with E-state index >= 15 is 0 Å². The van der Waals surface area contributed by atoms with Crippen LogP contribution in [0.25, 0.3) is 11.4 Å². The number of aromatic amines is 1. The van der Waals surface area contributed by atoms with Gasteiger partial charge >= 0.3 is 0 Å². The molecular formula is C16H17IN2O2. The fourth-order valence-electron chi connectivity index (χ4n) is 2.83. The molecule has 5 heteroatoms. The van der Waals surface area contributed by atoms with Gasteiger partial charge in [0.15, 0.2) is 0 Å². The molecule has 0 atom stereocenters. The summed E-state index contributed by atoms with van der Waals surface area (Å²) < 4.78 is 5.89. The van der Waals surface area contributed by atoms with Crippen molar-refractivity contribution in [3.8, 4) is 17.1 Å². The minimum atomic E-state index is -0.0432. The molecule has 110 valence electrons. The van der Waals surface area contributed by atoms with Crippen LogP contribution in [0.3, 0.4) is 0 Å². The van der Waals surface area contributed by atoms with Crippen LogP contribution in [0.4, 0.5) is 0 Å². The highest BCUT2D eigenvalue weighted by Crippen LogP contribution is 2.35. The number of halogens is 1. The van der Waals surface area contributed by atoms with Crippen LogP contribution in [-0.2, 0) is 0 Å². The molecule has 1 aliphatic carbocycles. The summed E-state index contributed by atoms with van der Waals surface area (Å²) in [6.07, 6.45) is 4.73. The van der Waals surface area contributed by atoms with E-state index in [9.17, 15) is 4.79 Å². The molecule has 1 N–H and O–H groups in total. The largest absolute Gasteiger partial charge is 0.497 e. The lowest BCUT2D eigenvalue weighted by molar-refractivity contribution is 0.415. The van der Waals surface area contributed by atoms with Crippen molar-refractivity contribution in [1.29, 1.82) is 0 Å². The third-order valence-corrected chi connectivity index (χ3v) is 5.04. The summed E-state index contributed by atoms with van der Waals surface area (Å²) in [4.78, 5) is 19.8. The summed E-state index contributed by atoms with van der Waals surface area (Å²) in [7, 11) is 1.64. The second kappa shape index (κ2) is 6.17. The van der Waals surface area contributed by atoms with Crippen molar-refractivity contribution in [2.24, 2.45) is 0 Å². The molecule has 1 aliphatic rings. The number of H-pyrrole nitrogens is 1. The predicted molar refractivity (Wildman–Crippen MR) is 90.8 cm³/mol. The van der Waals surface area contributed by atoms with Crippen LogP contribution >= 0.6 is 22.6 Å². The van der Waals surface area contributed by atoms with E-state index in [0.29, 0.717) is 11.7 Å². The van der Waals surface area contributed by atoms with Gasteiger partial charge in [-0.25, -0.2) is 4.98 Å². The summed E-state index contributed by atoms with van der Waals surface area (Å²) in [5.41, 5.74) is 1.82. The molecule has 0 bridgehead atoms. The highest BCUT2D eigenvalue weighted by Gasteiger charge is 2.23. The van der Waals surface area contributed by atoms with Crippen LogP contribution in [0.1, 0.15) is 37.3 Å². The molecule has 1 saturated carbocycles. The maximum atomic E-state index is 12.2. The number of nitrogens with one attached hydrogen (secondary N) is 1. The Morgan fingerprint density at radius 3 is 2.52 bits per heavy atom. The summed E-state index contributed by atoms with van der Waals surface area (Å²) in [5, 5.41) is 0. The Morgan fingerprint density at radius 1 is 1.24 bits per heavy atom. The molecule has 0 aliphatic heterocycles. The van der Waals surface area contributed by atoms with Gasteiger partial charge in [0, 0.05) is 11.5 Å². The first kappa shape index (κ1) is 14.6. The van der Waals surface area contributed by atoms with Gasteiger partial charge in [0.2, 0.25) is 0 Å². The van der Waals surface area contributed by atoms with Gasteiger partial charge < -0.3 is 9.72 Å². The quantitative estimate of drug-likeness (QED) is 0.805. The van der Waals surface area contributed by atoms with Gasteiger partial charge in [-0.2, -0.15) is 0 Å². The molecular weight excluding hydrogens is 379 g/mol. The van der Waals surface area contributed by atoms with E-state index in [1.807, 2.05) is 24.3 Å². The lowest BCUT2D eigenvalue weighted by Gasteiger charge is -2.12. The summed E-state index contributed by atoms with van der Waals surface area (Å²) in [6.45, 7) is 0. The van der Waals surface area contributed by atoms with E-state index in [-0.39, 0.29) is 5.56 Å². The Balaban J connectivity index is 2.03.